The van der Waals surface area contributed by atoms with Crippen molar-refractivity contribution >= 4 is 38.6 Å². The van der Waals surface area contributed by atoms with Gasteiger partial charge in [-0.2, -0.15) is 0 Å². The molecule has 0 bridgehead atoms. The highest BCUT2D eigenvalue weighted by Gasteiger charge is 2.34. The van der Waals surface area contributed by atoms with E-state index in [9.17, 15) is 0 Å². The maximum absolute atomic E-state index is 6.36. The van der Waals surface area contributed by atoms with Gasteiger partial charge >= 0.3 is 0 Å². The normalized spacial score (nSPS) is 25.0. The molecular weight excluding hydrogens is 340 g/mol. The summed E-state index contributed by atoms with van der Waals surface area (Å²) < 4.78 is 9.03. The van der Waals surface area contributed by atoms with Crippen molar-refractivity contribution in [1.29, 1.82) is 0 Å². The molecule has 1 aromatic carbocycles. The lowest BCUT2D eigenvalue weighted by Gasteiger charge is -2.37. The Morgan fingerprint density at radius 1 is 1.50 bits per heavy atom. The van der Waals surface area contributed by atoms with Crippen molar-refractivity contribution < 1.29 is 4.74 Å². The van der Waals surface area contributed by atoms with E-state index < -0.39 is 0 Å². The Morgan fingerprint density at radius 2 is 2.30 bits per heavy atom. The third-order valence-electron chi connectivity index (χ3n) is 3.96. The standard InChI is InChI=1S/C15H18BrClN2O/c1-10(17)14-18-12-8-11(16)4-5-13(12)19(14)15(2)6-3-7-20-9-15/h4-5,8,10H,3,6-7,9H2,1-2H3. The number of imidazole rings is 1. The number of halogens is 2. The second-order valence-electron chi connectivity index (χ2n) is 5.71. The second-order valence-corrected chi connectivity index (χ2v) is 7.28. The molecule has 0 amide bonds. The zero-order valence-electron chi connectivity index (χ0n) is 11.7. The van der Waals surface area contributed by atoms with Crippen molar-refractivity contribution in [2.45, 2.75) is 37.6 Å². The van der Waals surface area contributed by atoms with Crippen molar-refractivity contribution in [3.05, 3.63) is 28.5 Å². The molecule has 1 fully saturated rings. The predicted molar refractivity (Wildman–Crippen MR) is 85.4 cm³/mol. The highest BCUT2D eigenvalue weighted by atomic mass is 79.9. The van der Waals surface area contributed by atoms with Crippen LogP contribution in [0.1, 0.15) is 37.9 Å². The van der Waals surface area contributed by atoms with Crippen LogP contribution in [-0.2, 0) is 10.3 Å². The van der Waals surface area contributed by atoms with Gasteiger partial charge in [0.25, 0.3) is 0 Å². The van der Waals surface area contributed by atoms with Gasteiger partial charge in [-0.1, -0.05) is 15.9 Å². The van der Waals surface area contributed by atoms with E-state index in [4.69, 9.17) is 21.3 Å². The van der Waals surface area contributed by atoms with Crippen molar-refractivity contribution in [3.63, 3.8) is 0 Å². The lowest BCUT2D eigenvalue weighted by atomic mass is 9.94. The number of fused-ring (bicyclic) bond motifs is 1. The molecule has 2 atom stereocenters. The van der Waals surface area contributed by atoms with Gasteiger partial charge in [-0.15, -0.1) is 11.6 Å². The van der Waals surface area contributed by atoms with Gasteiger partial charge in [0.1, 0.15) is 5.82 Å². The van der Waals surface area contributed by atoms with Gasteiger partial charge in [-0.05, 0) is 44.9 Å². The second kappa shape index (κ2) is 5.32. The van der Waals surface area contributed by atoms with E-state index >= 15 is 0 Å². The molecule has 5 heteroatoms. The number of nitrogens with zero attached hydrogens (tertiary/aromatic N) is 2. The van der Waals surface area contributed by atoms with Crippen LogP contribution in [0, 0.1) is 0 Å². The molecule has 0 radical (unpaired) electrons. The molecule has 1 aliphatic rings. The lowest BCUT2D eigenvalue weighted by Crippen LogP contribution is -2.40. The average molecular weight is 358 g/mol. The fourth-order valence-corrected chi connectivity index (χ4v) is 3.50. The summed E-state index contributed by atoms with van der Waals surface area (Å²) >= 11 is 9.87. The minimum Gasteiger partial charge on any atom is -0.379 e. The molecule has 3 nitrogen and oxygen atoms in total. The third-order valence-corrected chi connectivity index (χ3v) is 4.64. The first kappa shape index (κ1) is 14.4. The zero-order chi connectivity index (χ0) is 14.3. The van der Waals surface area contributed by atoms with Gasteiger partial charge in [-0.3, -0.25) is 0 Å². The van der Waals surface area contributed by atoms with E-state index in [0.29, 0.717) is 6.61 Å². The summed E-state index contributed by atoms with van der Waals surface area (Å²) in [5.41, 5.74) is 2.04. The number of alkyl halides is 1. The Hall–Kier alpha value is -0.580. The van der Waals surface area contributed by atoms with Crippen LogP contribution < -0.4 is 0 Å². The van der Waals surface area contributed by atoms with Crippen LogP contribution in [0.2, 0.25) is 0 Å². The molecule has 1 aromatic heterocycles. The van der Waals surface area contributed by atoms with E-state index in [1.54, 1.807) is 0 Å². The minimum absolute atomic E-state index is 0.0701. The maximum atomic E-state index is 6.36. The monoisotopic (exact) mass is 356 g/mol. The number of hydrogen-bond acceptors (Lipinski definition) is 2. The van der Waals surface area contributed by atoms with Crippen LogP contribution in [-0.4, -0.2) is 22.8 Å². The summed E-state index contributed by atoms with van der Waals surface area (Å²) in [6, 6.07) is 6.20. The molecule has 0 N–H and O–H groups in total. The molecule has 108 valence electrons. The maximum Gasteiger partial charge on any atom is 0.128 e. The molecular formula is C15H18BrClN2O. The summed E-state index contributed by atoms with van der Waals surface area (Å²) in [7, 11) is 0. The Balaban J connectivity index is 2.23. The van der Waals surface area contributed by atoms with E-state index in [1.165, 1.54) is 0 Å². The van der Waals surface area contributed by atoms with Gasteiger partial charge in [0, 0.05) is 11.1 Å². The minimum atomic E-state index is -0.125. The van der Waals surface area contributed by atoms with Gasteiger partial charge in [0.2, 0.25) is 0 Å². The van der Waals surface area contributed by atoms with E-state index in [2.05, 4.69) is 39.6 Å². The zero-order valence-corrected chi connectivity index (χ0v) is 14.0. The molecule has 20 heavy (non-hydrogen) atoms. The molecule has 0 saturated carbocycles. The molecule has 2 heterocycles. The van der Waals surface area contributed by atoms with Crippen molar-refractivity contribution in [3.8, 4) is 0 Å². The van der Waals surface area contributed by atoms with Crippen LogP contribution in [0.25, 0.3) is 11.0 Å². The summed E-state index contributed by atoms with van der Waals surface area (Å²) in [4.78, 5) is 4.74. The fraction of sp³-hybridized carbons (Fsp3) is 0.533. The lowest BCUT2D eigenvalue weighted by molar-refractivity contribution is 0.0101. The molecule has 2 unspecified atom stereocenters. The quantitative estimate of drug-likeness (QED) is 0.733. The van der Waals surface area contributed by atoms with Crippen molar-refractivity contribution in [1.82, 2.24) is 9.55 Å². The highest BCUT2D eigenvalue weighted by molar-refractivity contribution is 9.10. The number of aromatic nitrogens is 2. The number of hydrogen-bond donors (Lipinski definition) is 0. The molecule has 3 rings (SSSR count). The number of benzene rings is 1. The van der Waals surface area contributed by atoms with Crippen LogP contribution in [0.5, 0.6) is 0 Å². The largest absolute Gasteiger partial charge is 0.379 e. The topological polar surface area (TPSA) is 27.1 Å². The number of ether oxygens (including phenoxy) is 1. The average Bonchev–Trinajstić information content (AvgIpc) is 2.79. The third kappa shape index (κ3) is 2.38. The SMILES string of the molecule is CC(Cl)c1nc2cc(Br)ccc2n1C1(C)CCCOC1. The first-order chi connectivity index (χ1) is 9.51. The van der Waals surface area contributed by atoms with Gasteiger partial charge in [0.05, 0.1) is 28.6 Å². The summed E-state index contributed by atoms with van der Waals surface area (Å²) in [5.74, 6) is 0.924. The first-order valence-corrected chi connectivity index (χ1v) is 8.14. The summed E-state index contributed by atoms with van der Waals surface area (Å²) in [6.07, 6.45) is 2.16. The van der Waals surface area contributed by atoms with E-state index in [-0.39, 0.29) is 10.9 Å². The van der Waals surface area contributed by atoms with Crippen LogP contribution in [0.4, 0.5) is 0 Å². The van der Waals surface area contributed by atoms with Gasteiger partial charge in [0.15, 0.2) is 0 Å². The Kier molecular flexibility index (Phi) is 3.82. The van der Waals surface area contributed by atoms with E-state index in [1.807, 2.05) is 13.0 Å². The van der Waals surface area contributed by atoms with Crippen LogP contribution in [0.15, 0.2) is 22.7 Å². The van der Waals surface area contributed by atoms with Crippen LogP contribution >= 0.6 is 27.5 Å². The summed E-state index contributed by atoms with van der Waals surface area (Å²) in [5, 5.41) is -0.125. The Labute approximate surface area is 132 Å². The van der Waals surface area contributed by atoms with Crippen molar-refractivity contribution in [2.75, 3.05) is 13.2 Å². The predicted octanol–water partition coefficient (Wildman–Crippen LogP) is 4.62. The van der Waals surface area contributed by atoms with Crippen LogP contribution in [0.3, 0.4) is 0 Å². The molecule has 0 aliphatic carbocycles. The smallest absolute Gasteiger partial charge is 0.128 e. The van der Waals surface area contributed by atoms with E-state index in [0.717, 1.165) is 40.8 Å². The van der Waals surface area contributed by atoms with Crippen molar-refractivity contribution in [2.24, 2.45) is 0 Å². The van der Waals surface area contributed by atoms with Gasteiger partial charge in [-0.25, -0.2) is 4.98 Å². The first-order valence-electron chi connectivity index (χ1n) is 6.91. The highest BCUT2D eigenvalue weighted by Crippen LogP contribution is 2.36. The molecule has 1 aliphatic heterocycles. The Morgan fingerprint density at radius 3 is 2.95 bits per heavy atom. The molecule has 1 saturated heterocycles. The van der Waals surface area contributed by atoms with Gasteiger partial charge < -0.3 is 9.30 Å². The fourth-order valence-electron chi connectivity index (χ4n) is 3.00. The summed E-state index contributed by atoms with van der Waals surface area (Å²) in [6.45, 7) is 5.77. The molecule has 0 spiro atoms. The Bertz CT molecular complexity index is 632. The number of rotatable bonds is 2. The molecule has 2 aromatic rings.